The van der Waals surface area contributed by atoms with Crippen molar-refractivity contribution in [3.8, 4) is 5.75 Å². The maximum Gasteiger partial charge on any atom is 0.163 e. The summed E-state index contributed by atoms with van der Waals surface area (Å²) in [6, 6.07) is 0. The van der Waals surface area contributed by atoms with Crippen molar-refractivity contribution in [2.75, 3.05) is 31.7 Å². The molecule has 1 rings (SSSR count). The molecule has 0 saturated carbocycles. The highest BCUT2D eigenvalue weighted by atomic mass is 32.2. The van der Waals surface area contributed by atoms with E-state index >= 15 is 0 Å². The van der Waals surface area contributed by atoms with Gasteiger partial charge in [0, 0.05) is 26.4 Å². The van der Waals surface area contributed by atoms with Gasteiger partial charge in [0.1, 0.15) is 22.1 Å². The summed E-state index contributed by atoms with van der Waals surface area (Å²) in [7, 11) is -1.02. The molecule has 1 heterocycles. The molecule has 0 spiro atoms. The highest BCUT2D eigenvalue weighted by molar-refractivity contribution is 7.90. The molecule has 1 N–H and O–H groups in total. The average molecular weight is 275 g/mol. The lowest BCUT2D eigenvalue weighted by Gasteiger charge is -2.07. The quantitative estimate of drug-likeness (QED) is 0.712. The Kier molecular flexibility index (Phi) is 5.15. The molecule has 7 heteroatoms. The number of aryl methyl sites for hydroxylation is 2. The molecule has 0 bridgehead atoms. The second-order valence-corrected chi connectivity index (χ2v) is 6.61. The molecule has 0 amide bonds. The monoisotopic (exact) mass is 275 g/mol. The van der Waals surface area contributed by atoms with E-state index in [1.807, 2.05) is 20.9 Å². The minimum atomic E-state index is -2.89. The first-order valence-electron chi connectivity index (χ1n) is 5.82. The zero-order valence-electron chi connectivity index (χ0n) is 11.4. The van der Waals surface area contributed by atoms with Crippen LogP contribution in [-0.4, -0.2) is 49.9 Å². The molecule has 0 aliphatic carbocycles. The third kappa shape index (κ3) is 4.66. The van der Waals surface area contributed by atoms with E-state index in [0.29, 0.717) is 19.7 Å². The Labute approximate surface area is 108 Å². The summed E-state index contributed by atoms with van der Waals surface area (Å²) in [4.78, 5) is 0. The van der Waals surface area contributed by atoms with Crippen LogP contribution in [0.5, 0.6) is 5.75 Å². The minimum absolute atomic E-state index is 0.151. The molecule has 18 heavy (non-hydrogen) atoms. The van der Waals surface area contributed by atoms with Crippen LogP contribution in [-0.2, 0) is 16.9 Å². The molecule has 0 atom stereocenters. The zero-order valence-corrected chi connectivity index (χ0v) is 12.2. The maximum atomic E-state index is 10.9. The lowest BCUT2D eigenvalue weighted by molar-refractivity contribution is 0.311. The van der Waals surface area contributed by atoms with E-state index in [4.69, 9.17) is 4.74 Å². The van der Waals surface area contributed by atoms with Gasteiger partial charge in [-0.05, 0) is 13.8 Å². The SMILES string of the molecule is Cc1nn(C)c(C)c1OCCNCCS(C)(=O)=O. The van der Waals surface area contributed by atoms with Crippen molar-refractivity contribution >= 4 is 9.84 Å². The van der Waals surface area contributed by atoms with Crippen LogP contribution < -0.4 is 10.1 Å². The summed E-state index contributed by atoms with van der Waals surface area (Å²) in [5, 5.41) is 7.28. The molecular weight excluding hydrogens is 254 g/mol. The molecular formula is C11H21N3O3S. The van der Waals surface area contributed by atoms with E-state index in [9.17, 15) is 8.42 Å². The number of nitrogens with one attached hydrogen (secondary N) is 1. The van der Waals surface area contributed by atoms with Crippen LogP contribution in [0.2, 0.25) is 0 Å². The van der Waals surface area contributed by atoms with Crippen LogP contribution >= 0.6 is 0 Å². The fraction of sp³-hybridized carbons (Fsp3) is 0.727. The fourth-order valence-corrected chi connectivity index (χ4v) is 2.09. The average Bonchev–Trinajstić information content (AvgIpc) is 2.47. The van der Waals surface area contributed by atoms with Crippen molar-refractivity contribution in [2.24, 2.45) is 7.05 Å². The normalized spacial score (nSPS) is 11.8. The van der Waals surface area contributed by atoms with Crippen molar-refractivity contribution in [3.05, 3.63) is 11.4 Å². The lowest BCUT2D eigenvalue weighted by atomic mass is 10.3. The molecule has 0 unspecified atom stereocenters. The van der Waals surface area contributed by atoms with E-state index in [1.54, 1.807) is 4.68 Å². The van der Waals surface area contributed by atoms with Crippen molar-refractivity contribution in [1.82, 2.24) is 15.1 Å². The number of hydrogen-bond donors (Lipinski definition) is 1. The molecule has 0 radical (unpaired) electrons. The van der Waals surface area contributed by atoms with Crippen LogP contribution in [0.1, 0.15) is 11.4 Å². The first-order valence-corrected chi connectivity index (χ1v) is 7.89. The van der Waals surface area contributed by atoms with Gasteiger partial charge in [-0.15, -0.1) is 0 Å². The van der Waals surface area contributed by atoms with Gasteiger partial charge in [-0.3, -0.25) is 4.68 Å². The third-order valence-electron chi connectivity index (χ3n) is 2.62. The Bertz CT molecular complexity index is 494. The highest BCUT2D eigenvalue weighted by Crippen LogP contribution is 2.20. The zero-order chi connectivity index (χ0) is 13.8. The standard InChI is InChI=1S/C11H21N3O3S/c1-9-11(10(2)14(3)13-9)17-7-5-12-6-8-18(4,15)16/h12H,5-8H2,1-4H3. The van der Waals surface area contributed by atoms with Crippen LogP contribution in [0.4, 0.5) is 0 Å². The van der Waals surface area contributed by atoms with E-state index in [2.05, 4.69) is 10.4 Å². The predicted molar refractivity (Wildman–Crippen MR) is 70.8 cm³/mol. The fourth-order valence-electron chi connectivity index (χ4n) is 1.57. The van der Waals surface area contributed by atoms with Gasteiger partial charge < -0.3 is 10.1 Å². The largest absolute Gasteiger partial charge is 0.488 e. The Morgan fingerprint density at radius 1 is 1.33 bits per heavy atom. The number of sulfone groups is 1. The van der Waals surface area contributed by atoms with Crippen molar-refractivity contribution in [1.29, 1.82) is 0 Å². The van der Waals surface area contributed by atoms with E-state index < -0.39 is 9.84 Å². The van der Waals surface area contributed by atoms with Crippen LogP contribution in [0.25, 0.3) is 0 Å². The van der Waals surface area contributed by atoms with Crippen molar-refractivity contribution in [2.45, 2.75) is 13.8 Å². The summed E-state index contributed by atoms with van der Waals surface area (Å²) in [5.74, 6) is 0.959. The predicted octanol–water partition coefficient (Wildman–Crippen LogP) is 0.0499. The van der Waals surface area contributed by atoms with Gasteiger partial charge in [0.25, 0.3) is 0 Å². The van der Waals surface area contributed by atoms with Crippen LogP contribution in [0, 0.1) is 13.8 Å². The van der Waals surface area contributed by atoms with Crippen LogP contribution in [0.15, 0.2) is 0 Å². The topological polar surface area (TPSA) is 73.2 Å². The molecule has 0 aliphatic heterocycles. The Balaban J connectivity index is 2.26. The van der Waals surface area contributed by atoms with Crippen molar-refractivity contribution < 1.29 is 13.2 Å². The van der Waals surface area contributed by atoms with Gasteiger partial charge in [-0.25, -0.2) is 8.42 Å². The number of ether oxygens (including phenoxy) is 1. The van der Waals surface area contributed by atoms with Gasteiger partial charge in [0.2, 0.25) is 0 Å². The molecule has 1 aromatic rings. The number of hydrogen-bond acceptors (Lipinski definition) is 5. The molecule has 0 saturated heterocycles. The number of rotatable bonds is 7. The summed E-state index contributed by atoms with van der Waals surface area (Å²) >= 11 is 0. The van der Waals surface area contributed by atoms with E-state index in [1.165, 1.54) is 6.26 Å². The molecule has 1 aromatic heterocycles. The molecule has 0 fully saturated rings. The summed E-state index contributed by atoms with van der Waals surface area (Å²) < 4.78 is 29.2. The Morgan fingerprint density at radius 3 is 2.50 bits per heavy atom. The first kappa shape index (κ1) is 15.0. The second-order valence-electron chi connectivity index (χ2n) is 4.35. The summed E-state index contributed by atoms with van der Waals surface area (Å²) in [6.07, 6.45) is 1.23. The number of aromatic nitrogens is 2. The maximum absolute atomic E-state index is 10.9. The summed E-state index contributed by atoms with van der Waals surface area (Å²) in [5.41, 5.74) is 1.86. The highest BCUT2D eigenvalue weighted by Gasteiger charge is 2.09. The van der Waals surface area contributed by atoms with Gasteiger partial charge >= 0.3 is 0 Å². The van der Waals surface area contributed by atoms with E-state index in [-0.39, 0.29) is 5.75 Å². The van der Waals surface area contributed by atoms with Gasteiger partial charge in [-0.1, -0.05) is 0 Å². The van der Waals surface area contributed by atoms with Crippen LogP contribution in [0.3, 0.4) is 0 Å². The van der Waals surface area contributed by atoms with Crippen molar-refractivity contribution in [3.63, 3.8) is 0 Å². The first-order chi connectivity index (χ1) is 8.31. The van der Waals surface area contributed by atoms with E-state index in [0.717, 1.165) is 17.1 Å². The van der Waals surface area contributed by atoms with Gasteiger partial charge in [0.05, 0.1) is 11.4 Å². The molecule has 0 aliphatic rings. The summed E-state index contributed by atoms with van der Waals surface area (Å²) in [6.45, 7) is 5.42. The van der Waals surface area contributed by atoms with Gasteiger partial charge in [0.15, 0.2) is 5.75 Å². The number of nitrogens with zero attached hydrogens (tertiary/aromatic N) is 2. The minimum Gasteiger partial charge on any atom is -0.488 e. The van der Waals surface area contributed by atoms with Gasteiger partial charge in [-0.2, -0.15) is 5.10 Å². The second kappa shape index (κ2) is 6.19. The molecule has 0 aromatic carbocycles. The Morgan fingerprint density at radius 2 is 2.00 bits per heavy atom. The third-order valence-corrected chi connectivity index (χ3v) is 3.56. The molecule has 6 nitrogen and oxygen atoms in total. The molecule has 104 valence electrons. The smallest absolute Gasteiger partial charge is 0.163 e. The lowest BCUT2D eigenvalue weighted by Crippen LogP contribution is -2.26. The Hall–Kier alpha value is -1.08.